The number of hydrogen-bond donors (Lipinski definition) is 3. The molecular weight excluding hydrogens is 290 g/mol. The second kappa shape index (κ2) is 5.55. The topological polar surface area (TPSA) is 87.3 Å². The fraction of sp³-hybridized carbons (Fsp3) is 0.500. The van der Waals surface area contributed by atoms with Crippen LogP contribution in [0.5, 0.6) is 0 Å². The third kappa shape index (κ3) is 3.47. The van der Waals surface area contributed by atoms with Crippen LogP contribution in [0.25, 0.3) is 0 Å². The van der Waals surface area contributed by atoms with Crippen molar-refractivity contribution in [3.8, 4) is 0 Å². The molecule has 1 aromatic carbocycles. The van der Waals surface area contributed by atoms with E-state index in [0.717, 1.165) is 11.4 Å². The van der Waals surface area contributed by atoms with Crippen LogP contribution in [0, 0.1) is 0 Å². The van der Waals surface area contributed by atoms with Gasteiger partial charge in [0.15, 0.2) is 9.84 Å². The first-order chi connectivity index (χ1) is 9.71. The van der Waals surface area contributed by atoms with E-state index in [1.807, 2.05) is 24.3 Å². The van der Waals surface area contributed by atoms with Crippen molar-refractivity contribution >= 4 is 27.1 Å². The van der Waals surface area contributed by atoms with Gasteiger partial charge in [-0.3, -0.25) is 4.79 Å². The zero-order valence-electron chi connectivity index (χ0n) is 12.4. The molecule has 0 saturated carbocycles. The molecule has 1 atom stereocenters. The van der Waals surface area contributed by atoms with Gasteiger partial charge in [-0.25, -0.2) is 8.42 Å². The first kappa shape index (κ1) is 15.6. The van der Waals surface area contributed by atoms with E-state index >= 15 is 0 Å². The monoisotopic (exact) mass is 311 g/mol. The minimum atomic E-state index is -3.23. The Morgan fingerprint density at radius 3 is 2.57 bits per heavy atom. The van der Waals surface area contributed by atoms with E-state index < -0.39 is 20.6 Å². The number of anilines is 2. The first-order valence-corrected chi connectivity index (χ1v) is 8.66. The molecule has 1 unspecified atom stereocenters. The number of amides is 1. The Bertz CT molecular complexity index is 641. The lowest BCUT2D eigenvalue weighted by atomic mass is 10.1. The van der Waals surface area contributed by atoms with Gasteiger partial charge in [0.1, 0.15) is 6.04 Å². The second-order valence-electron chi connectivity index (χ2n) is 5.87. The SMILES string of the molecule is CC(C)(CNC(=O)C1CNc2ccccc2N1)S(C)(=O)=O. The van der Waals surface area contributed by atoms with E-state index in [-0.39, 0.29) is 12.5 Å². The maximum absolute atomic E-state index is 12.2. The van der Waals surface area contributed by atoms with Crippen molar-refractivity contribution in [2.75, 3.05) is 30.0 Å². The van der Waals surface area contributed by atoms with Crippen LogP contribution >= 0.6 is 0 Å². The molecule has 1 aromatic rings. The van der Waals surface area contributed by atoms with Gasteiger partial charge in [0.2, 0.25) is 5.91 Å². The van der Waals surface area contributed by atoms with Gasteiger partial charge in [-0.2, -0.15) is 0 Å². The molecule has 1 aliphatic rings. The summed E-state index contributed by atoms with van der Waals surface area (Å²) in [5.41, 5.74) is 1.82. The minimum Gasteiger partial charge on any atom is -0.381 e. The highest BCUT2D eigenvalue weighted by atomic mass is 32.2. The maximum atomic E-state index is 12.2. The van der Waals surface area contributed by atoms with Gasteiger partial charge in [-0.15, -0.1) is 0 Å². The highest BCUT2D eigenvalue weighted by molar-refractivity contribution is 7.92. The van der Waals surface area contributed by atoms with Crippen molar-refractivity contribution in [3.05, 3.63) is 24.3 Å². The Labute approximate surface area is 125 Å². The highest BCUT2D eigenvalue weighted by Gasteiger charge is 2.32. The number of para-hydroxylation sites is 2. The van der Waals surface area contributed by atoms with Crippen LogP contribution in [0.3, 0.4) is 0 Å². The third-order valence-electron chi connectivity index (χ3n) is 3.76. The van der Waals surface area contributed by atoms with Crippen molar-refractivity contribution in [1.82, 2.24) is 5.32 Å². The van der Waals surface area contributed by atoms with Crippen molar-refractivity contribution in [1.29, 1.82) is 0 Å². The number of nitrogens with one attached hydrogen (secondary N) is 3. The smallest absolute Gasteiger partial charge is 0.244 e. The van der Waals surface area contributed by atoms with Crippen molar-refractivity contribution < 1.29 is 13.2 Å². The quantitative estimate of drug-likeness (QED) is 0.767. The van der Waals surface area contributed by atoms with E-state index in [0.29, 0.717) is 6.54 Å². The average molecular weight is 311 g/mol. The Morgan fingerprint density at radius 1 is 1.33 bits per heavy atom. The lowest BCUT2D eigenvalue weighted by Crippen LogP contribution is -2.51. The summed E-state index contributed by atoms with van der Waals surface area (Å²) in [5.74, 6) is -0.214. The Morgan fingerprint density at radius 2 is 1.95 bits per heavy atom. The molecule has 0 radical (unpaired) electrons. The summed E-state index contributed by atoms with van der Waals surface area (Å²) >= 11 is 0. The van der Waals surface area contributed by atoms with Gasteiger partial charge in [-0.05, 0) is 26.0 Å². The molecule has 116 valence electrons. The zero-order chi connectivity index (χ0) is 15.7. The molecule has 0 saturated heterocycles. The predicted molar refractivity (Wildman–Crippen MR) is 84.3 cm³/mol. The number of rotatable bonds is 4. The van der Waals surface area contributed by atoms with E-state index in [4.69, 9.17) is 0 Å². The van der Waals surface area contributed by atoms with Gasteiger partial charge in [0.25, 0.3) is 0 Å². The molecule has 0 aliphatic carbocycles. The normalized spacial score (nSPS) is 18.1. The Hall–Kier alpha value is -1.76. The fourth-order valence-electron chi connectivity index (χ4n) is 1.93. The molecule has 7 heteroatoms. The summed E-state index contributed by atoms with van der Waals surface area (Å²) in [7, 11) is -3.23. The van der Waals surface area contributed by atoms with Crippen LogP contribution in [-0.4, -0.2) is 44.5 Å². The molecule has 6 nitrogen and oxygen atoms in total. The summed E-state index contributed by atoms with van der Waals surface area (Å²) < 4.78 is 22.3. The van der Waals surface area contributed by atoms with Crippen molar-refractivity contribution in [2.45, 2.75) is 24.6 Å². The van der Waals surface area contributed by atoms with Gasteiger partial charge in [0.05, 0.1) is 16.1 Å². The first-order valence-electron chi connectivity index (χ1n) is 6.77. The summed E-state index contributed by atoms with van der Waals surface area (Å²) in [4.78, 5) is 12.2. The Balaban J connectivity index is 1.97. The molecule has 0 aromatic heterocycles. The number of sulfone groups is 1. The molecule has 0 bridgehead atoms. The van der Waals surface area contributed by atoms with E-state index in [1.165, 1.54) is 6.26 Å². The Kier molecular flexibility index (Phi) is 4.13. The van der Waals surface area contributed by atoms with E-state index in [1.54, 1.807) is 13.8 Å². The zero-order valence-corrected chi connectivity index (χ0v) is 13.3. The number of carbonyl (C=O) groups is 1. The van der Waals surface area contributed by atoms with Crippen LogP contribution < -0.4 is 16.0 Å². The number of benzene rings is 1. The van der Waals surface area contributed by atoms with E-state index in [2.05, 4.69) is 16.0 Å². The fourth-order valence-corrected chi connectivity index (χ4v) is 2.26. The molecule has 1 aliphatic heterocycles. The summed E-state index contributed by atoms with van der Waals surface area (Å²) in [6.07, 6.45) is 1.18. The van der Waals surface area contributed by atoms with Crippen LogP contribution in [0.15, 0.2) is 24.3 Å². The van der Waals surface area contributed by atoms with Crippen molar-refractivity contribution in [3.63, 3.8) is 0 Å². The van der Waals surface area contributed by atoms with Crippen LogP contribution in [0.1, 0.15) is 13.8 Å². The molecule has 0 fully saturated rings. The van der Waals surface area contributed by atoms with Crippen LogP contribution in [-0.2, 0) is 14.6 Å². The minimum absolute atomic E-state index is 0.0878. The van der Waals surface area contributed by atoms with Gasteiger partial charge >= 0.3 is 0 Å². The second-order valence-corrected chi connectivity index (χ2v) is 8.52. The molecule has 0 spiro atoms. The number of fused-ring (bicyclic) bond motifs is 1. The molecule has 1 heterocycles. The van der Waals surface area contributed by atoms with Crippen LogP contribution in [0.2, 0.25) is 0 Å². The molecule has 3 N–H and O–H groups in total. The number of hydrogen-bond acceptors (Lipinski definition) is 5. The molecule has 1 amide bonds. The predicted octanol–water partition coefficient (Wildman–Crippen LogP) is 0.832. The molecular formula is C14H21N3O3S. The summed E-state index contributed by atoms with van der Waals surface area (Å²) in [6, 6.07) is 7.21. The molecule has 21 heavy (non-hydrogen) atoms. The largest absolute Gasteiger partial charge is 0.381 e. The molecule has 2 rings (SSSR count). The summed E-state index contributed by atoms with van der Waals surface area (Å²) in [5, 5.41) is 9.04. The van der Waals surface area contributed by atoms with Gasteiger partial charge in [-0.1, -0.05) is 12.1 Å². The standard InChI is InChI=1S/C14H21N3O3S/c1-14(2,21(3,19)20)9-16-13(18)12-8-15-10-6-4-5-7-11(10)17-12/h4-7,12,15,17H,8-9H2,1-3H3,(H,16,18). The lowest BCUT2D eigenvalue weighted by Gasteiger charge is -2.29. The van der Waals surface area contributed by atoms with Crippen LogP contribution in [0.4, 0.5) is 11.4 Å². The van der Waals surface area contributed by atoms with Gasteiger partial charge in [0, 0.05) is 19.3 Å². The van der Waals surface area contributed by atoms with Crippen molar-refractivity contribution in [2.24, 2.45) is 0 Å². The maximum Gasteiger partial charge on any atom is 0.244 e. The number of carbonyl (C=O) groups excluding carboxylic acids is 1. The average Bonchev–Trinajstić information content (AvgIpc) is 2.43. The highest BCUT2D eigenvalue weighted by Crippen LogP contribution is 2.25. The lowest BCUT2D eigenvalue weighted by molar-refractivity contribution is -0.121. The summed E-state index contributed by atoms with van der Waals surface area (Å²) in [6.45, 7) is 3.75. The van der Waals surface area contributed by atoms with E-state index in [9.17, 15) is 13.2 Å². The van der Waals surface area contributed by atoms with Gasteiger partial charge < -0.3 is 16.0 Å². The third-order valence-corrected chi connectivity index (χ3v) is 5.91.